The molecule has 4 heteroatoms. The van der Waals surface area contributed by atoms with Crippen molar-refractivity contribution in [1.29, 1.82) is 0 Å². The summed E-state index contributed by atoms with van der Waals surface area (Å²) in [6.45, 7) is 1.68. The van der Waals surface area contributed by atoms with Crippen molar-refractivity contribution in [3.8, 4) is 0 Å². The van der Waals surface area contributed by atoms with Gasteiger partial charge in [-0.2, -0.15) is 0 Å². The van der Waals surface area contributed by atoms with E-state index in [1.807, 2.05) is 0 Å². The van der Waals surface area contributed by atoms with Gasteiger partial charge >= 0.3 is 6.03 Å². The standard InChI is InChI=1S/C5H12N2O2/c1-4(3-8)7-5(9)6-2/h4,8H,3H2,1-2H3,(H2,6,7,9). The zero-order chi connectivity index (χ0) is 7.28. The molecule has 1 atom stereocenters. The molecule has 0 aliphatic heterocycles. The van der Waals surface area contributed by atoms with Crippen LogP contribution in [0.25, 0.3) is 0 Å². The molecule has 3 N–H and O–H groups in total. The summed E-state index contributed by atoms with van der Waals surface area (Å²) in [6, 6.07) is -0.443. The van der Waals surface area contributed by atoms with Gasteiger partial charge in [-0.1, -0.05) is 0 Å². The molecule has 0 spiro atoms. The molecule has 0 rings (SSSR count). The second-order valence-corrected chi connectivity index (χ2v) is 1.81. The highest BCUT2D eigenvalue weighted by molar-refractivity contribution is 5.73. The van der Waals surface area contributed by atoms with Crippen LogP contribution in [0.2, 0.25) is 0 Å². The molecule has 0 aromatic rings. The van der Waals surface area contributed by atoms with Crippen LogP contribution in [0.3, 0.4) is 0 Å². The monoisotopic (exact) mass is 132 g/mol. The fourth-order valence-electron chi connectivity index (χ4n) is 0.342. The van der Waals surface area contributed by atoms with Gasteiger partial charge in [0.15, 0.2) is 0 Å². The fraction of sp³-hybridized carbons (Fsp3) is 0.800. The highest BCUT2D eigenvalue weighted by Crippen LogP contribution is 1.75. The first-order chi connectivity index (χ1) is 4.20. The van der Waals surface area contributed by atoms with E-state index in [2.05, 4.69) is 10.6 Å². The maximum atomic E-state index is 10.4. The molecule has 0 fully saturated rings. The molecular weight excluding hydrogens is 120 g/mol. The third-order valence-electron chi connectivity index (χ3n) is 0.878. The number of carbonyl (C=O) groups is 1. The second-order valence-electron chi connectivity index (χ2n) is 1.81. The Morgan fingerprint density at radius 2 is 2.33 bits per heavy atom. The summed E-state index contributed by atoms with van der Waals surface area (Å²) in [5.74, 6) is 0. The molecule has 0 aliphatic rings. The quantitative estimate of drug-likeness (QED) is 0.465. The van der Waals surface area contributed by atoms with Crippen molar-refractivity contribution in [3.63, 3.8) is 0 Å². The first kappa shape index (κ1) is 8.23. The average Bonchev–Trinajstić information content (AvgIpc) is 1.87. The lowest BCUT2D eigenvalue weighted by Crippen LogP contribution is -2.40. The minimum Gasteiger partial charge on any atom is -0.394 e. The van der Waals surface area contributed by atoms with Crippen LogP contribution in [-0.2, 0) is 0 Å². The average molecular weight is 132 g/mol. The minimum atomic E-state index is -0.267. The Kier molecular flexibility index (Phi) is 3.79. The van der Waals surface area contributed by atoms with Gasteiger partial charge in [-0.3, -0.25) is 0 Å². The number of hydrogen-bond donors (Lipinski definition) is 3. The third-order valence-corrected chi connectivity index (χ3v) is 0.878. The van der Waals surface area contributed by atoms with Crippen molar-refractivity contribution in [2.24, 2.45) is 0 Å². The first-order valence-corrected chi connectivity index (χ1v) is 2.79. The molecule has 4 nitrogen and oxygen atoms in total. The van der Waals surface area contributed by atoms with Crippen LogP contribution in [0.4, 0.5) is 4.79 Å². The van der Waals surface area contributed by atoms with Crippen molar-refractivity contribution in [3.05, 3.63) is 0 Å². The van der Waals surface area contributed by atoms with Gasteiger partial charge in [0.05, 0.1) is 12.6 Å². The number of urea groups is 1. The molecule has 0 heterocycles. The van der Waals surface area contributed by atoms with Crippen molar-refractivity contribution >= 4 is 6.03 Å². The van der Waals surface area contributed by atoms with Gasteiger partial charge in [-0.15, -0.1) is 0 Å². The summed E-state index contributed by atoms with van der Waals surface area (Å²) < 4.78 is 0. The van der Waals surface area contributed by atoms with E-state index in [1.54, 1.807) is 6.92 Å². The Balaban J connectivity index is 3.34. The number of aliphatic hydroxyl groups excluding tert-OH is 1. The molecule has 0 radical (unpaired) electrons. The van der Waals surface area contributed by atoms with Crippen LogP contribution < -0.4 is 10.6 Å². The lowest BCUT2D eigenvalue weighted by atomic mass is 10.4. The normalized spacial score (nSPS) is 12.3. The van der Waals surface area contributed by atoms with E-state index in [1.165, 1.54) is 7.05 Å². The fourth-order valence-corrected chi connectivity index (χ4v) is 0.342. The second kappa shape index (κ2) is 4.14. The van der Waals surface area contributed by atoms with Crippen LogP contribution >= 0.6 is 0 Å². The molecule has 2 amide bonds. The molecule has 54 valence electrons. The van der Waals surface area contributed by atoms with E-state index in [-0.39, 0.29) is 18.7 Å². The van der Waals surface area contributed by atoms with Crippen LogP contribution in [0, 0.1) is 0 Å². The van der Waals surface area contributed by atoms with Gasteiger partial charge in [0, 0.05) is 7.05 Å². The molecule has 9 heavy (non-hydrogen) atoms. The third kappa shape index (κ3) is 3.78. The zero-order valence-electron chi connectivity index (χ0n) is 5.64. The zero-order valence-corrected chi connectivity index (χ0v) is 5.64. The number of carbonyl (C=O) groups excluding carboxylic acids is 1. The summed E-state index contributed by atoms with van der Waals surface area (Å²) >= 11 is 0. The molecule has 1 unspecified atom stereocenters. The van der Waals surface area contributed by atoms with E-state index in [9.17, 15) is 4.79 Å². The smallest absolute Gasteiger partial charge is 0.314 e. The largest absolute Gasteiger partial charge is 0.394 e. The molecule has 0 saturated heterocycles. The van der Waals surface area contributed by atoms with E-state index in [0.717, 1.165) is 0 Å². The topological polar surface area (TPSA) is 61.4 Å². The van der Waals surface area contributed by atoms with E-state index in [4.69, 9.17) is 5.11 Å². The Morgan fingerprint density at radius 1 is 1.78 bits per heavy atom. The highest BCUT2D eigenvalue weighted by Gasteiger charge is 2.00. The molecule has 0 bridgehead atoms. The van der Waals surface area contributed by atoms with Crippen molar-refractivity contribution in [2.45, 2.75) is 13.0 Å². The molecular formula is C5H12N2O2. The van der Waals surface area contributed by atoms with Crippen molar-refractivity contribution in [1.82, 2.24) is 10.6 Å². The van der Waals surface area contributed by atoms with Crippen molar-refractivity contribution < 1.29 is 9.90 Å². The number of rotatable bonds is 2. The molecule has 0 aliphatic carbocycles. The van der Waals surface area contributed by atoms with Crippen molar-refractivity contribution in [2.75, 3.05) is 13.7 Å². The Morgan fingerprint density at radius 3 is 2.67 bits per heavy atom. The van der Waals surface area contributed by atoms with Gasteiger partial charge < -0.3 is 15.7 Å². The van der Waals surface area contributed by atoms with Gasteiger partial charge in [-0.05, 0) is 6.92 Å². The van der Waals surface area contributed by atoms with Crippen LogP contribution in [-0.4, -0.2) is 30.8 Å². The summed E-state index contributed by atoms with van der Waals surface area (Å²) in [5.41, 5.74) is 0. The van der Waals surface area contributed by atoms with E-state index >= 15 is 0 Å². The first-order valence-electron chi connectivity index (χ1n) is 2.79. The number of aliphatic hydroxyl groups is 1. The van der Waals surface area contributed by atoms with Gasteiger partial charge in [0.25, 0.3) is 0 Å². The van der Waals surface area contributed by atoms with E-state index < -0.39 is 0 Å². The minimum absolute atomic E-state index is 0.0343. The number of nitrogens with one attached hydrogen (secondary N) is 2. The van der Waals surface area contributed by atoms with Gasteiger partial charge in [0.2, 0.25) is 0 Å². The predicted molar refractivity (Wildman–Crippen MR) is 34.1 cm³/mol. The summed E-state index contributed by atoms with van der Waals surface area (Å²) in [7, 11) is 1.53. The Hall–Kier alpha value is -0.770. The molecule has 0 saturated carbocycles. The van der Waals surface area contributed by atoms with Crippen LogP contribution in [0.5, 0.6) is 0 Å². The van der Waals surface area contributed by atoms with Crippen LogP contribution in [0.15, 0.2) is 0 Å². The predicted octanol–water partition coefficient (Wildman–Crippen LogP) is -0.704. The summed E-state index contributed by atoms with van der Waals surface area (Å²) in [5, 5.41) is 13.3. The van der Waals surface area contributed by atoms with Gasteiger partial charge in [0.1, 0.15) is 0 Å². The Bertz CT molecular complexity index is 95.0. The highest BCUT2D eigenvalue weighted by atomic mass is 16.3. The maximum absolute atomic E-state index is 10.4. The Labute approximate surface area is 54.3 Å². The summed E-state index contributed by atoms with van der Waals surface area (Å²) in [6.07, 6.45) is 0. The SMILES string of the molecule is CNC(=O)NC(C)CO. The summed E-state index contributed by atoms with van der Waals surface area (Å²) in [4.78, 5) is 10.4. The molecule has 0 aromatic carbocycles. The molecule has 0 aromatic heterocycles. The lowest BCUT2D eigenvalue weighted by molar-refractivity contribution is 0.222. The van der Waals surface area contributed by atoms with Gasteiger partial charge in [-0.25, -0.2) is 4.79 Å². The number of hydrogen-bond acceptors (Lipinski definition) is 2. The van der Waals surface area contributed by atoms with Crippen LogP contribution in [0.1, 0.15) is 6.92 Å². The van der Waals surface area contributed by atoms with E-state index in [0.29, 0.717) is 0 Å². The maximum Gasteiger partial charge on any atom is 0.314 e. The lowest BCUT2D eigenvalue weighted by Gasteiger charge is -2.08. The number of amides is 2.